The number of rotatable bonds is 10. The van der Waals surface area contributed by atoms with Gasteiger partial charge in [-0.15, -0.1) is 20.4 Å². The summed E-state index contributed by atoms with van der Waals surface area (Å²) >= 11 is 2.64. The number of hydrogen-bond acceptors (Lipinski definition) is 11. The molecule has 33 heavy (non-hydrogen) atoms. The number of nitrogen functional groups attached to an aromatic ring is 1. The Morgan fingerprint density at radius 3 is 2.30 bits per heavy atom. The number of aliphatic carboxylic acids is 1. The summed E-state index contributed by atoms with van der Waals surface area (Å²) < 4.78 is 5.46. The summed E-state index contributed by atoms with van der Waals surface area (Å²) in [4.78, 5) is 36.4. The number of unbranched alkanes of at least 4 members (excludes halogenated alkanes) is 1. The standard InChI is InChI=1S/C20H28N6O5S2/c1-10-8-12(9-13(10)16(28)29)20(3,31-11(2)27)17(30)22-19-26-24-15(33-19)7-5-4-6-14-23-25-18(21)32-14/h10,12-13H,4-9H2,1-3H3,(H2,21,25)(H,28,29)(H,22,26,30). The zero-order valence-corrected chi connectivity index (χ0v) is 20.4. The molecule has 2 aromatic heterocycles. The molecule has 1 aliphatic carbocycles. The Morgan fingerprint density at radius 1 is 1.12 bits per heavy atom. The molecule has 13 heteroatoms. The summed E-state index contributed by atoms with van der Waals surface area (Å²) in [5.41, 5.74) is 4.08. The average molecular weight is 497 g/mol. The van der Waals surface area contributed by atoms with E-state index in [1.165, 1.54) is 36.5 Å². The summed E-state index contributed by atoms with van der Waals surface area (Å²) in [6.07, 6.45) is 3.97. The summed E-state index contributed by atoms with van der Waals surface area (Å²) in [7, 11) is 0. The van der Waals surface area contributed by atoms with E-state index < -0.39 is 35.3 Å². The van der Waals surface area contributed by atoms with Gasteiger partial charge in [0.1, 0.15) is 10.0 Å². The van der Waals surface area contributed by atoms with Gasteiger partial charge in [0.25, 0.3) is 5.91 Å². The number of amides is 1. The van der Waals surface area contributed by atoms with Gasteiger partial charge in [0.15, 0.2) is 5.60 Å². The lowest BCUT2D eigenvalue weighted by Gasteiger charge is -2.33. The number of nitrogens with zero attached hydrogens (tertiary/aromatic N) is 4. The van der Waals surface area contributed by atoms with Crippen molar-refractivity contribution in [1.29, 1.82) is 0 Å². The largest absolute Gasteiger partial charge is 0.481 e. The van der Waals surface area contributed by atoms with E-state index in [1.54, 1.807) is 0 Å². The van der Waals surface area contributed by atoms with Gasteiger partial charge < -0.3 is 15.6 Å². The van der Waals surface area contributed by atoms with Crippen molar-refractivity contribution in [2.24, 2.45) is 17.8 Å². The third-order valence-electron chi connectivity index (χ3n) is 5.99. The average Bonchev–Trinajstić information content (AvgIpc) is 3.45. The van der Waals surface area contributed by atoms with E-state index in [2.05, 4.69) is 25.7 Å². The lowest BCUT2D eigenvalue weighted by Crippen LogP contribution is -2.49. The maximum absolute atomic E-state index is 13.1. The van der Waals surface area contributed by atoms with Crippen molar-refractivity contribution < 1.29 is 24.2 Å². The molecule has 1 aliphatic rings. The van der Waals surface area contributed by atoms with Crippen molar-refractivity contribution in [2.45, 2.75) is 64.9 Å². The molecule has 1 saturated carbocycles. The van der Waals surface area contributed by atoms with E-state index in [0.29, 0.717) is 23.1 Å². The van der Waals surface area contributed by atoms with Crippen LogP contribution in [-0.2, 0) is 32.0 Å². The Kier molecular flexibility index (Phi) is 7.95. The van der Waals surface area contributed by atoms with Crippen LogP contribution in [0.3, 0.4) is 0 Å². The SMILES string of the molecule is CC(=O)OC(C)(C(=O)Nc1nnc(CCCCc2nnc(N)s2)s1)C1CC(C)C(C(=O)O)C1. The van der Waals surface area contributed by atoms with Crippen LogP contribution in [0.25, 0.3) is 0 Å². The molecule has 4 unspecified atom stereocenters. The fraction of sp³-hybridized carbons (Fsp3) is 0.650. The molecule has 0 spiro atoms. The van der Waals surface area contributed by atoms with Crippen LogP contribution in [-0.4, -0.2) is 48.9 Å². The molecule has 0 radical (unpaired) electrons. The second-order valence-electron chi connectivity index (χ2n) is 8.49. The Balaban J connectivity index is 1.59. The molecule has 0 aliphatic heterocycles. The van der Waals surface area contributed by atoms with E-state index in [-0.39, 0.29) is 12.3 Å². The number of aryl methyl sites for hydroxylation is 2. The second-order valence-corrected chi connectivity index (χ2v) is 10.6. The van der Waals surface area contributed by atoms with E-state index in [4.69, 9.17) is 10.5 Å². The number of carboxylic acids is 1. The molecule has 11 nitrogen and oxygen atoms in total. The molecule has 0 saturated heterocycles. The third kappa shape index (κ3) is 6.22. The molecule has 3 rings (SSSR count). The number of esters is 1. The van der Waals surface area contributed by atoms with Gasteiger partial charge in [-0.3, -0.25) is 19.7 Å². The zero-order chi connectivity index (χ0) is 24.2. The summed E-state index contributed by atoms with van der Waals surface area (Å²) in [5.74, 6) is -3.16. The van der Waals surface area contributed by atoms with E-state index in [0.717, 1.165) is 29.3 Å². The summed E-state index contributed by atoms with van der Waals surface area (Å²) in [5, 5.41) is 30.6. The highest BCUT2D eigenvalue weighted by atomic mass is 32.1. The normalized spacial score (nSPS) is 22.0. The molecule has 180 valence electrons. The van der Waals surface area contributed by atoms with Crippen LogP contribution in [0.1, 0.15) is 56.5 Å². The van der Waals surface area contributed by atoms with Gasteiger partial charge in [-0.05, 0) is 38.5 Å². The minimum atomic E-state index is -1.50. The van der Waals surface area contributed by atoms with Crippen LogP contribution < -0.4 is 11.1 Å². The number of aromatic nitrogens is 4. The smallest absolute Gasteiger partial charge is 0.306 e. The first-order valence-corrected chi connectivity index (χ1v) is 12.4. The van der Waals surface area contributed by atoms with Crippen LogP contribution in [0.5, 0.6) is 0 Å². The quantitative estimate of drug-likeness (QED) is 0.328. The molecule has 4 N–H and O–H groups in total. The van der Waals surface area contributed by atoms with Gasteiger partial charge in [0.05, 0.1) is 5.92 Å². The highest BCUT2D eigenvalue weighted by molar-refractivity contribution is 7.15. The van der Waals surface area contributed by atoms with E-state index in [9.17, 15) is 19.5 Å². The number of anilines is 2. The topological polar surface area (TPSA) is 170 Å². The minimum absolute atomic E-state index is 0.125. The van der Waals surface area contributed by atoms with Crippen LogP contribution in [0.15, 0.2) is 0 Å². The summed E-state index contributed by atoms with van der Waals surface area (Å²) in [6, 6.07) is 0. The monoisotopic (exact) mass is 496 g/mol. The second kappa shape index (κ2) is 10.5. The molecule has 0 aromatic carbocycles. The number of hydrogen-bond donors (Lipinski definition) is 3. The van der Waals surface area contributed by atoms with Gasteiger partial charge in [0, 0.05) is 25.7 Å². The Morgan fingerprint density at radius 2 is 1.76 bits per heavy atom. The van der Waals surface area contributed by atoms with Crippen molar-refractivity contribution in [1.82, 2.24) is 20.4 Å². The lowest BCUT2D eigenvalue weighted by atomic mass is 9.85. The van der Waals surface area contributed by atoms with Gasteiger partial charge in [-0.25, -0.2) is 0 Å². The minimum Gasteiger partial charge on any atom is -0.481 e. The van der Waals surface area contributed by atoms with Crippen molar-refractivity contribution >= 4 is 50.8 Å². The number of nitrogens with one attached hydrogen (secondary N) is 1. The lowest BCUT2D eigenvalue weighted by molar-refractivity contribution is -0.168. The third-order valence-corrected chi connectivity index (χ3v) is 7.70. The fourth-order valence-corrected chi connectivity index (χ4v) is 5.63. The van der Waals surface area contributed by atoms with Crippen molar-refractivity contribution in [3.8, 4) is 0 Å². The highest BCUT2D eigenvalue weighted by Crippen LogP contribution is 2.44. The number of nitrogens with two attached hydrogens (primary N) is 1. The number of carbonyl (C=O) groups is 3. The molecule has 1 fully saturated rings. The van der Waals surface area contributed by atoms with Crippen molar-refractivity contribution in [3.63, 3.8) is 0 Å². The molecule has 2 aromatic rings. The molecule has 0 bridgehead atoms. The highest BCUT2D eigenvalue weighted by Gasteiger charge is 2.51. The molecule has 1 amide bonds. The molecule has 2 heterocycles. The predicted octanol–water partition coefficient (Wildman–Crippen LogP) is 2.54. The maximum atomic E-state index is 13.1. The Bertz CT molecular complexity index is 1010. The molecule has 4 atom stereocenters. The Labute approximate surface area is 199 Å². The molecular formula is C20H28N6O5S2. The van der Waals surface area contributed by atoms with Gasteiger partial charge in [-0.2, -0.15) is 0 Å². The first kappa shape index (κ1) is 25.0. The Hall–Kier alpha value is -2.67. The number of ether oxygens (including phenoxy) is 1. The number of carbonyl (C=O) groups excluding carboxylic acids is 2. The van der Waals surface area contributed by atoms with Gasteiger partial charge in [-0.1, -0.05) is 29.6 Å². The van der Waals surface area contributed by atoms with Crippen LogP contribution in [0.4, 0.5) is 10.3 Å². The van der Waals surface area contributed by atoms with Gasteiger partial charge >= 0.3 is 11.9 Å². The van der Waals surface area contributed by atoms with Crippen LogP contribution in [0.2, 0.25) is 0 Å². The predicted molar refractivity (Wildman–Crippen MR) is 123 cm³/mol. The first-order chi connectivity index (χ1) is 15.6. The summed E-state index contributed by atoms with van der Waals surface area (Å²) in [6.45, 7) is 4.60. The number of carboxylic acid groups (broad SMARTS) is 1. The van der Waals surface area contributed by atoms with Crippen molar-refractivity contribution in [2.75, 3.05) is 11.1 Å². The van der Waals surface area contributed by atoms with Crippen molar-refractivity contribution in [3.05, 3.63) is 10.0 Å². The van der Waals surface area contributed by atoms with Crippen LogP contribution in [0, 0.1) is 17.8 Å². The zero-order valence-electron chi connectivity index (χ0n) is 18.7. The first-order valence-electron chi connectivity index (χ1n) is 10.7. The van der Waals surface area contributed by atoms with E-state index >= 15 is 0 Å². The fourth-order valence-electron chi connectivity index (χ4n) is 4.20. The van der Waals surface area contributed by atoms with Crippen LogP contribution >= 0.6 is 22.7 Å². The van der Waals surface area contributed by atoms with Gasteiger partial charge in [0.2, 0.25) is 10.3 Å². The maximum Gasteiger partial charge on any atom is 0.306 e. The van der Waals surface area contributed by atoms with E-state index in [1.807, 2.05) is 6.92 Å². The molecular weight excluding hydrogens is 468 g/mol.